The number of hydrogen-bond acceptors (Lipinski definition) is 4. The first-order chi connectivity index (χ1) is 10.2. The van der Waals surface area contributed by atoms with E-state index in [-0.39, 0.29) is 11.7 Å². The van der Waals surface area contributed by atoms with Crippen molar-refractivity contribution >= 4 is 11.8 Å². The highest BCUT2D eigenvalue weighted by molar-refractivity contribution is 7.99. The van der Waals surface area contributed by atoms with Crippen LogP contribution in [-0.4, -0.2) is 27.6 Å². The number of H-pyrrole nitrogens is 1. The molecular formula is C15H22N4OS. The molecule has 0 spiro atoms. The number of aromatic nitrogens is 3. The van der Waals surface area contributed by atoms with Crippen molar-refractivity contribution in [3.05, 3.63) is 45.9 Å². The molecule has 0 saturated carbocycles. The number of nitrogens with one attached hydrogen (secondary N) is 2. The minimum atomic E-state index is -0.129. The lowest BCUT2D eigenvalue weighted by Gasteiger charge is -2.16. The molecule has 0 saturated heterocycles. The smallest absolute Gasteiger partial charge is 0.312 e. The van der Waals surface area contributed by atoms with E-state index in [0.717, 1.165) is 17.3 Å². The summed E-state index contributed by atoms with van der Waals surface area (Å²) in [5, 5.41) is 10.7. The second-order valence-corrected chi connectivity index (χ2v) is 6.01. The van der Waals surface area contributed by atoms with Crippen LogP contribution >= 0.6 is 11.8 Å². The standard InChI is InChI=1S/C15H22N4OS/c1-4-9-19-14(20)17-18-15(19)21-10-13(16-3)12-7-5-11(2)6-8-12/h5-8,13,16H,4,9-10H2,1-3H3,(H,17,20). The van der Waals surface area contributed by atoms with Gasteiger partial charge in [0.1, 0.15) is 0 Å². The van der Waals surface area contributed by atoms with E-state index in [4.69, 9.17) is 0 Å². The average Bonchev–Trinajstić information content (AvgIpc) is 2.83. The van der Waals surface area contributed by atoms with E-state index in [9.17, 15) is 4.79 Å². The maximum Gasteiger partial charge on any atom is 0.343 e. The average molecular weight is 306 g/mol. The summed E-state index contributed by atoms with van der Waals surface area (Å²) >= 11 is 1.60. The van der Waals surface area contributed by atoms with E-state index in [1.165, 1.54) is 11.1 Å². The topological polar surface area (TPSA) is 62.7 Å². The SMILES string of the molecule is CCCn1c(SCC(NC)c2ccc(C)cc2)n[nH]c1=O. The molecule has 21 heavy (non-hydrogen) atoms. The summed E-state index contributed by atoms with van der Waals surface area (Å²) in [6.07, 6.45) is 0.917. The second-order valence-electron chi connectivity index (χ2n) is 5.03. The molecule has 6 heteroatoms. The molecule has 1 atom stereocenters. The van der Waals surface area contributed by atoms with Crippen LogP contribution in [0.25, 0.3) is 0 Å². The Morgan fingerprint density at radius 1 is 1.38 bits per heavy atom. The zero-order valence-corrected chi connectivity index (χ0v) is 13.5. The van der Waals surface area contributed by atoms with Crippen LogP contribution in [0.1, 0.15) is 30.5 Å². The van der Waals surface area contributed by atoms with E-state index in [1.54, 1.807) is 16.3 Å². The van der Waals surface area contributed by atoms with Gasteiger partial charge in [0.25, 0.3) is 0 Å². The van der Waals surface area contributed by atoms with Gasteiger partial charge in [-0.05, 0) is 26.0 Å². The number of aryl methyl sites for hydroxylation is 1. The largest absolute Gasteiger partial charge is 0.343 e. The monoisotopic (exact) mass is 306 g/mol. The highest BCUT2D eigenvalue weighted by atomic mass is 32.2. The molecule has 0 fully saturated rings. The lowest BCUT2D eigenvalue weighted by molar-refractivity contribution is 0.601. The van der Waals surface area contributed by atoms with Crippen molar-refractivity contribution in [2.45, 2.75) is 38.0 Å². The summed E-state index contributed by atoms with van der Waals surface area (Å²) in [6, 6.07) is 8.75. The maximum absolute atomic E-state index is 11.7. The normalized spacial score (nSPS) is 12.5. The van der Waals surface area contributed by atoms with Crippen LogP contribution in [0.5, 0.6) is 0 Å². The van der Waals surface area contributed by atoms with Crippen molar-refractivity contribution in [2.75, 3.05) is 12.8 Å². The van der Waals surface area contributed by atoms with E-state index in [0.29, 0.717) is 6.54 Å². The lowest BCUT2D eigenvalue weighted by atomic mass is 10.1. The summed E-state index contributed by atoms with van der Waals surface area (Å²) in [7, 11) is 1.95. The fraction of sp³-hybridized carbons (Fsp3) is 0.467. The Hall–Kier alpha value is -1.53. The van der Waals surface area contributed by atoms with Crippen LogP contribution in [-0.2, 0) is 6.54 Å². The number of benzene rings is 1. The number of aromatic amines is 1. The molecule has 0 aliphatic carbocycles. The van der Waals surface area contributed by atoms with E-state index in [1.807, 2.05) is 7.05 Å². The maximum atomic E-state index is 11.7. The van der Waals surface area contributed by atoms with Crippen LogP contribution < -0.4 is 11.0 Å². The molecule has 0 bridgehead atoms. The first-order valence-corrected chi connectivity index (χ1v) is 8.16. The predicted octanol–water partition coefficient (Wildman–Crippen LogP) is 2.34. The van der Waals surface area contributed by atoms with Crippen molar-refractivity contribution < 1.29 is 0 Å². The van der Waals surface area contributed by atoms with E-state index >= 15 is 0 Å². The third kappa shape index (κ3) is 3.98. The van der Waals surface area contributed by atoms with Crippen molar-refractivity contribution in [2.24, 2.45) is 0 Å². The first-order valence-electron chi connectivity index (χ1n) is 7.17. The number of rotatable bonds is 7. The van der Waals surface area contributed by atoms with Crippen molar-refractivity contribution in [3.8, 4) is 0 Å². The summed E-state index contributed by atoms with van der Waals surface area (Å²) in [5.74, 6) is 0.827. The van der Waals surface area contributed by atoms with Gasteiger partial charge in [-0.15, -0.1) is 5.10 Å². The molecule has 2 aromatic rings. The molecular weight excluding hydrogens is 284 g/mol. The van der Waals surface area contributed by atoms with Gasteiger partial charge in [-0.2, -0.15) is 0 Å². The molecule has 0 radical (unpaired) electrons. The summed E-state index contributed by atoms with van der Waals surface area (Å²) in [6.45, 7) is 4.84. The van der Waals surface area contributed by atoms with Crippen LogP contribution in [0, 0.1) is 6.92 Å². The fourth-order valence-corrected chi connectivity index (χ4v) is 3.25. The summed E-state index contributed by atoms with van der Waals surface area (Å²) in [4.78, 5) is 11.7. The Bertz CT molecular complexity index is 617. The van der Waals surface area contributed by atoms with Crippen LogP contribution in [0.15, 0.2) is 34.2 Å². The van der Waals surface area contributed by atoms with Gasteiger partial charge < -0.3 is 5.32 Å². The van der Waals surface area contributed by atoms with Crippen molar-refractivity contribution in [3.63, 3.8) is 0 Å². The molecule has 0 aliphatic rings. The van der Waals surface area contributed by atoms with Crippen molar-refractivity contribution in [1.29, 1.82) is 0 Å². The quantitative estimate of drug-likeness (QED) is 0.771. The number of hydrogen-bond donors (Lipinski definition) is 2. The van der Waals surface area contributed by atoms with Gasteiger partial charge in [0, 0.05) is 18.3 Å². The fourth-order valence-electron chi connectivity index (χ4n) is 2.14. The van der Waals surface area contributed by atoms with Gasteiger partial charge in [0.2, 0.25) is 0 Å². The molecule has 1 unspecified atom stereocenters. The second kappa shape index (κ2) is 7.47. The van der Waals surface area contributed by atoms with Crippen molar-refractivity contribution in [1.82, 2.24) is 20.1 Å². The number of thioether (sulfide) groups is 1. The van der Waals surface area contributed by atoms with E-state index in [2.05, 4.69) is 53.6 Å². The molecule has 1 heterocycles. The number of nitrogens with zero attached hydrogens (tertiary/aromatic N) is 2. The highest BCUT2D eigenvalue weighted by Gasteiger charge is 2.13. The molecule has 114 valence electrons. The molecule has 0 amide bonds. The Labute approximate surface area is 129 Å². The Balaban J connectivity index is 2.06. The molecule has 2 N–H and O–H groups in total. The molecule has 0 aliphatic heterocycles. The van der Waals surface area contributed by atoms with Gasteiger partial charge in [-0.25, -0.2) is 9.89 Å². The summed E-state index contributed by atoms with van der Waals surface area (Å²) in [5.41, 5.74) is 2.37. The van der Waals surface area contributed by atoms with Gasteiger partial charge in [-0.1, -0.05) is 48.5 Å². The lowest BCUT2D eigenvalue weighted by Crippen LogP contribution is -2.20. The zero-order chi connectivity index (χ0) is 15.2. The van der Waals surface area contributed by atoms with Gasteiger partial charge in [0.05, 0.1) is 0 Å². The first kappa shape index (κ1) is 15.9. The Morgan fingerprint density at radius 2 is 2.10 bits per heavy atom. The molecule has 1 aromatic heterocycles. The highest BCUT2D eigenvalue weighted by Crippen LogP contribution is 2.23. The molecule has 2 rings (SSSR count). The van der Waals surface area contributed by atoms with Gasteiger partial charge >= 0.3 is 5.69 Å². The van der Waals surface area contributed by atoms with Crippen LogP contribution in [0.3, 0.4) is 0 Å². The third-order valence-corrected chi connectivity index (χ3v) is 4.45. The minimum Gasteiger partial charge on any atom is -0.312 e. The van der Waals surface area contributed by atoms with Gasteiger partial charge in [-0.3, -0.25) is 4.57 Å². The van der Waals surface area contributed by atoms with E-state index < -0.39 is 0 Å². The predicted molar refractivity (Wildman–Crippen MR) is 86.8 cm³/mol. The van der Waals surface area contributed by atoms with Crippen LogP contribution in [0.4, 0.5) is 0 Å². The minimum absolute atomic E-state index is 0.129. The summed E-state index contributed by atoms with van der Waals surface area (Å²) < 4.78 is 1.70. The zero-order valence-electron chi connectivity index (χ0n) is 12.7. The third-order valence-electron chi connectivity index (χ3n) is 3.38. The van der Waals surface area contributed by atoms with Gasteiger partial charge in [0.15, 0.2) is 5.16 Å². The van der Waals surface area contributed by atoms with Crippen LogP contribution in [0.2, 0.25) is 0 Å². The Morgan fingerprint density at radius 3 is 2.71 bits per heavy atom. The molecule has 1 aromatic carbocycles. The molecule has 5 nitrogen and oxygen atoms in total. The Kier molecular flexibility index (Phi) is 5.64.